The molecule has 106 valence electrons. The topological polar surface area (TPSA) is 74.7 Å². The molecule has 0 aliphatic carbocycles. The van der Waals surface area contributed by atoms with E-state index >= 15 is 0 Å². The molecule has 1 aromatic rings. The van der Waals surface area contributed by atoms with E-state index < -0.39 is 5.97 Å². The molecular weight excluding hydrogens is 278 g/mol. The van der Waals surface area contributed by atoms with Crippen LogP contribution in [0.4, 0.5) is 5.69 Å². The van der Waals surface area contributed by atoms with E-state index in [0.29, 0.717) is 11.3 Å². The van der Waals surface area contributed by atoms with Crippen LogP contribution >= 0.6 is 11.8 Å². The van der Waals surface area contributed by atoms with E-state index in [1.54, 1.807) is 24.3 Å². The molecule has 20 heavy (non-hydrogen) atoms. The molecule has 6 heteroatoms. The zero-order chi connectivity index (χ0) is 14.7. The SMILES string of the molecule is CCSC1CC(=O)N(c2ccc(CC(=O)O)cc2)C1=O. The number of aliphatic carboxylic acids is 1. The zero-order valence-electron chi connectivity index (χ0n) is 11.0. The van der Waals surface area contributed by atoms with Gasteiger partial charge in [0, 0.05) is 6.42 Å². The first-order valence-corrected chi connectivity index (χ1v) is 7.37. The van der Waals surface area contributed by atoms with E-state index in [0.717, 1.165) is 5.75 Å². The van der Waals surface area contributed by atoms with Gasteiger partial charge in [-0.3, -0.25) is 14.4 Å². The molecule has 5 nitrogen and oxygen atoms in total. The lowest BCUT2D eigenvalue weighted by Gasteiger charge is -2.15. The fourth-order valence-corrected chi connectivity index (χ4v) is 3.05. The van der Waals surface area contributed by atoms with Crippen LogP contribution in [0.2, 0.25) is 0 Å². The molecule has 1 fully saturated rings. The molecule has 1 aliphatic rings. The summed E-state index contributed by atoms with van der Waals surface area (Å²) < 4.78 is 0. The fraction of sp³-hybridized carbons (Fsp3) is 0.357. The number of nitrogens with zero attached hydrogens (tertiary/aromatic N) is 1. The van der Waals surface area contributed by atoms with Crippen molar-refractivity contribution in [2.45, 2.75) is 25.0 Å². The average Bonchev–Trinajstić information content (AvgIpc) is 2.66. The van der Waals surface area contributed by atoms with Gasteiger partial charge in [-0.1, -0.05) is 19.1 Å². The van der Waals surface area contributed by atoms with Gasteiger partial charge in [0.25, 0.3) is 0 Å². The quantitative estimate of drug-likeness (QED) is 0.836. The van der Waals surface area contributed by atoms with Crippen molar-refractivity contribution < 1.29 is 19.5 Å². The van der Waals surface area contributed by atoms with Gasteiger partial charge in [0.1, 0.15) is 0 Å². The van der Waals surface area contributed by atoms with Crippen LogP contribution < -0.4 is 4.90 Å². The molecule has 1 aromatic carbocycles. The Morgan fingerprint density at radius 1 is 1.35 bits per heavy atom. The van der Waals surface area contributed by atoms with Crippen LogP contribution in [-0.4, -0.2) is 33.9 Å². The number of thioether (sulfide) groups is 1. The van der Waals surface area contributed by atoms with Crippen molar-refractivity contribution in [1.82, 2.24) is 0 Å². The predicted octanol–water partition coefficient (Wildman–Crippen LogP) is 1.70. The Morgan fingerprint density at radius 2 is 2.00 bits per heavy atom. The van der Waals surface area contributed by atoms with Crippen molar-refractivity contribution in [1.29, 1.82) is 0 Å². The van der Waals surface area contributed by atoms with Crippen molar-refractivity contribution in [3.05, 3.63) is 29.8 Å². The number of imide groups is 1. The zero-order valence-corrected chi connectivity index (χ0v) is 11.9. The van der Waals surface area contributed by atoms with Crippen molar-refractivity contribution in [3.63, 3.8) is 0 Å². The Kier molecular flexibility index (Phi) is 4.44. The van der Waals surface area contributed by atoms with Crippen molar-refractivity contribution in [3.8, 4) is 0 Å². The number of hydrogen-bond acceptors (Lipinski definition) is 4. The number of amides is 2. The summed E-state index contributed by atoms with van der Waals surface area (Å²) in [5, 5.41) is 8.40. The van der Waals surface area contributed by atoms with Crippen LogP contribution in [0.25, 0.3) is 0 Å². The molecule has 0 spiro atoms. The van der Waals surface area contributed by atoms with Gasteiger partial charge in [-0.15, -0.1) is 11.8 Å². The first-order valence-electron chi connectivity index (χ1n) is 6.32. The largest absolute Gasteiger partial charge is 0.481 e. The van der Waals surface area contributed by atoms with E-state index in [-0.39, 0.29) is 29.9 Å². The van der Waals surface area contributed by atoms with Gasteiger partial charge < -0.3 is 5.11 Å². The predicted molar refractivity (Wildman–Crippen MR) is 76.8 cm³/mol. The average molecular weight is 293 g/mol. The molecule has 0 bridgehead atoms. The van der Waals surface area contributed by atoms with Gasteiger partial charge in [0.15, 0.2) is 0 Å². The monoisotopic (exact) mass is 293 g/mol. The van der Waals surface area contributed by atoms with Gasteiger partial charge in [-0.2, -0.15) is 0 Å². The van der Waals surface area contributed by atoms with E-state index in [1.807, 2.05) is 6.92 Å². The number of benzene rings is 1. The number of carbonyl (C=O) groups is 3. The summed E-state index contributed by atoms with van der Waals surface area (Å²) in [7, 11) is 0. The third-order valence-electron chi connectivity index (χ3n) is 3.02. The number of hydrogen-bond donors (Lipinski definition) is 1. The van der Waals surface area contributed by atoms with E-state index in [4.69, 9.17) is 5.11 Å². The fourth-order valence-electron chi connectivity index (χ4n) is 2.14. The summed E-state index contributed by atoms with van der Waals surface area (Å²) in [6, 6.07) is 6.49. The second-order valence-corrected chi connectivity index (χ2v) is 5.93. The minimum absolute atomic E-state index is 0.0729. The lowest BCUT2D eigenvalue weighted by atomic mass is 10.1. The number of anilines is 1. The molecule has 0 saturated carbocycles. The highest BCUT2D eigenvalue weighted by Gasteiger charge is 2.39. The lowest BCUT2D eigenvalue weighted by molar-refractivity contribution is -0.136. The molecular formula is C14H15NO4S. The van der Waals surface area contributed by atoms with Crippen molar-refractivity contribution in [2.24, 2.45) is 0 Å². The number of carboxylic acid groups (broad SMARTS) is 1. The summed E-state index contributed by atoms with van der Waals surface area (Å²) in [5.41, 5.74) is 1.15. The Bertz CT molecular complexity index is 541. The standard InChI is InChI=1S/C14H15NO4S/c1-2-20-11-8-12(16)15(14(11)19)10-5-3-9(4-6-10)7-13(17)18/h3-6,11H,2,7-8H2,1H3,(H,17,18). The highest BCUT2D eigenvalue weighted by Crippen LogP contribution is 2.29. The maximum absolute atomic E-state index is 12.2. The summed E-state index contributed by atoms with van der Waals surface area (Å²) in [6.45, 7) is 1.95. The third kappa shape index (κ3) is 3.01. The van der Waals surface area contributed by atoms with Crippen LogP contribution in [-0.2, 0) is 20.8 Å². The Hall–Kier alpha value is -1.82. The molecule has 1 atom stereocenters. The van der Waals surface area contributed by atoms with Gasteiger partial charge in [0.2, 0.25) is 11.8 Å². The Labute approximate surface area is 121 Å². The maximum Gasteiger partial charge on any atom is 0.307 e. The van der Waals surface area contributed by atoms with Gasteiger partial charge in [0.05, 0.1) is 17.4 Å². The summed E-state index contributed by atoms with van der Waals surface area (Å²) in [4.78, 5) is 35.9. The first-order chi connectivity index (χ1) is 9.52. The van der Waals surface area contributed by atoms with Gasteiger partial charge in [-0.05, 0) is 23.4 Å². The van der Waals surface area contributed by atoms with E-state index in [2.05, 4.69) is 0 Å². The van der Waals surface area contributed by atoms with Crippen LogP contribution in [0.5, 0.6) is 0 Å². The molecule has 2 rings (SSSR count). The van der Waals surface area contributed by atoms with E-state index in [1.165, 1.54) is 16.7 Å². The minimum Gasteiger partial charge on any atom is -0.481 e. The minimum atomic E-state index is -0.912. The van der Waals surface area contributed by atoms with Crippen molar-refractivity contribution >= 4 is 35.2 Å². The number of carboxylic acids is 1. The summed E-state index contributed by atoms with van der Waals surface area (Å²) >= 11 is 1.47. The molecule has 0 aromatic heterocycles. The smallest absolute Gasteiger partial charge is 0.307 e. The maximum atomic E-state index is 12.2. The number of carbonyl (C=O) groups excluding carboxylic acids is 2. The van der Waals surface area contributed by atoms with Crippen molar-refractivity contribution in [2.75, 3.05) is 10.7 Å². The second kappa shape index (κ2) is 6.09. The van der Waals surface area contributed by atoms with Gasteiger partial charge in [-0.25, -0.2) is 4.90 Å². The van der Waals surface area contributed by atoms with Crippen LogP contribution in [0, 0.1) is 0 Å². The molecule has 1 N–H and O–H groups in total. The normalized spacial score (nSPS) is 18.6. The van der Waals surface area contributed by atoms with Gasteiger partial charge >= 0.3 is 5.97 Å². The Morgan fingerprint density at radius 3 is 2.55 bits per heavy atom. The number of rotatable bonds is 5. The summed E-state index contributed by atoms with van der Waals surface area (Å²) in [6.07, 6.45) is 0.157. The highest BCUT2D eigenvalue weighted by molar-refractivity contribution is 8.00. The van der Waals surface area contributed by atoms with E-state index in [9.17, 15) is 14.4 Å². The summed E-state index contributed by atoms with van der Waals surface area (Å²) in [5.74, 6) is -0.514. The molecule has 2 amide bonds. The van der Waals surface area contributed by atoms with Crippen LogP contribution in [0.15, 0.2) is 24.3 Å². The Balaban J connectivity index is 2.17. The van der Waals surface area contributed by atoms with Crippen LogP contribution in [0.1, 0.15) is 18.9 Å². The highest BCUT2D eigenvalue weighted by atomic mass is 32.2. The molecule has 1 aliphatic heterocycles. The molecule has 1 saturated heterocycles. The third-order valence-corrected chi connectivity index (χ3v) is 4.13. The molecule has 1 unspecified atom stereocenters. The second-order valence-electron chi connectivity index (χ2n) is 4.45. The van der Waals surface area contributed by atoms with Crippen LogP contribution in [0.3, 0.4) is 0 Å². The molecule has 1 heterocycles. The molecule has 0 radical (unpaired) electrons. The lowest BCUT2D eigenvalue weighted by Crippen LogP contribution is -2.31. The first kappa shape index (κ1) is 14.6.